The molecule has 1 aromatic rings. The summed E-state index contributed by atoms with van der Waals surface area (Å²) in [6.07, 6.45) is -0.179. The van der Waals surface area contributed by atoms with Crippen LogP contribution in [0.5, 0.6) is 5.75 Å². The fourth-order valence-corrected chi connectivity index (χ4v) is 2.14. The molecule has 6 heteroatoms. The zero-order valence-electron chi connectivity index (χ0n) is 11.0. The van der Waals surface area contributed by atoms with Crippen molar-refractivity contribution in [3.63, 3.8) is 0 Å². The fraction of sp³-hybridized carbons (Fsp3) is 0.429. The molecular formula is C14H17N3O3. The van der Waals surface area contributed by atoms with Crippen LogP contribution in [0, 0.1) is 11.3 Å². The number of ether oxygens (including phenoxy) is 1. The van der Waals surface area contributed by atoms with Gasteiger partial charge in [-0.05, 0) is 24.1 Å². The maximum absolute atomic E-state index is 12.2. The predicted molar refractivity (Wildman–Crippen MR) is 71.7 cm³/mol. The van der Waals surface area contributed by atoms with Crippen molar-refractivity contribution >= 4 is 5.91 Å². The van der Waals surface area contributed by atoms with Crippen molar-refractivity contribution in [3.8, 4) is 11.8 Å². The molecule has 0 spiro atoms. The second kappa shape index (κ2) is 6.37. The molecule has 0 aromatic heterocycles. The number of carbonyl (C=O) groups is 1. The van der Waals surface area contributed by atoms with E-state index < -0.39 is 12.1 Å². The Morgan fingerprint density at radius 1 is 1.55 bits per heavy atom. The largest absolute Gasteiger partial charge is 0.508 e. The summed E-state index contributed by atoms with van der Waals surface area (Å²) in [5.74, 6) is 0.000291. The van der Waals surface area contributed by atoms with Gasteiger partial charge in [-0.1, -0.05) is 12.1 Å². The van der Waals surface area contributed by atoms with Gasteiger partial charge in [-0.2, -0.15) is 5.26 Å². The summed E-state index contributed by atoms with van der Waals surface area (Å²) in [5, 5.41) is 18.0. The molecule has 0 radical (unpaired) electrons. The summed E-state index contributed by atoms with van der Waals surface area (Å²) in [7, 11) is 0. The third kappa shape index (κ3) is 3.47. The minimum atomic E-state index is -0.656. The highest BCUT2D eigenvalue weighted by Crippen LogP contribution is 2.12. The first-order chi connectivity index (χ1) is 9.60. The third-order valence-electron chi connectivity index (χ3n) is 3.23. The zero-order chi connectivity index (χ0) is 14.5. The van der Waals surface area contributed by atoms with Crippen molar-refractivity contribution in [3.05, 3.63) is 29.8 Å². The standard InChI is InChI=1S/C14H17N3O3/c15-8-12-9-17(5-6-20-12)14(19)13(16)7-10-1-3-11(18)4-2-10/h1-4,12-13,18H,5-7,9,16H2/t12?,13-/m0/s1. The van der Waals surface area contributed by atoms with E-state index in [0.29, 0.717) is 19.6 Å². The number of hydrogen-bond acceptors (Lipinski definition) is 5. The molecule has 1 fully saturated rings. The number of nitrogens with two attached hydrogens (primary N) is 1. The van der Waals surface area contributed by atoms with Crippen LogP contribution in [0.2, 0.25) is 0 Å². The van der Waals surface area contributed by atoms with Crippen molar-refractivity contribution < 1.29 is 14.6 Å². The summed E-state index contributed by atoms with van der Waals surface area (Å²) in [5.41, 5.74) is 6.81. The summed E-state index contributed by atoms with van der Waals surface area (Å²) in [6, 6.07) is 7.94. The monoisotopic (exact) mass is 275 g/mol. The van der Waals surface area contributed by atoms with Crippen LogP contribution in [0.1, 0.15) is 5.56 Å². The number of rotatable bonds is 3. The second-order valence-electron chi connectivity index (χ2n) is 4.75. The molecule has 1 aliphatic heterocycles. The number of benzene rings is 1. The first-order valence-corrected chi connectivity index (χ1v) is 6.43. The Balaban J connectivity index is 1.94. The lowest BCUT2D eigenvalue weighted by Crippen LogP contribution is -2.51. The van der Waals surface area contributed by atoms with Crippen molar-refractivity contribution in [2.75, 3.05) is 19.7 Å². The normalized spacial score (nSPS) is 20.2. The molecule has 106 valence electrons. The van der Waals surface area contributed by atoms with Gasteiger partial charge in [0.15, 0.2) is 6.10 Å². The van der Waals surface area contributed by atoms with Crippen LogP contribution in [0.4, 0.5) is 0 Å². The van der Waals surface area contributed by atoms with E-state index in [-0.39, 0.29) is 18.2 Å². The SMILES string of the molecule is N#CC1CN(C(=O)[C@@H](N)Cc2ccc(O)cc2)CCO1. The van der Waals surface area contributed by atoms with Gasteiger partial charge >= 0.3 is 0 Å². The van der Waals surface area contributed by atoms with Crippen molar-refractivity contribution in [1.29, 1.82) is 5.26 Å². The summed E-state index contributed by atoms with van der Waals surface area (Å²) >= 11 is 0. The van der Waals surface area contributed by atoms with Crippen LogP contribution < -0.4 is 5.73 Å². The Bertz CT molecular complexity index is 509. The van der Waals surface area contributed by atoms with Gasteiger partial charge in [0.05, 0.1) is 25.3 Å². The lowest BCUT2D eigenvalue weighted by atomic mass is 10.0. The maximum Gasteiger partial charge on any atom is 0.240 e. The van der Waals surface area contributed by atoms with Gasteiger partial charge in [0.2, 0.25) is 5.91 Å². The van der Waals surface area contributed by atoms with E-state index >= 15 is 0 Å². The van der Waals surface area contributed by atoms with Crippen molar-refractivity contribution in [2.24, 2.45) is 5.73 Å². The van der Waals surface area contributed by atoms with Gasteiger partial charge in [-0.25, -0.2) is 0 Å². The average molecular weight is 275 g/mol. The highest BCUT2D eigenvalue weighted by molar-refractivity contribution is 5.82. The fourth-order valence-electron chi connectivity index (χ4n) is 2.14. The molecule has 20 heavy (non-hydrogen) atoms. The number of phenolic OH excluding ortho intramolecular Hbond substituents is 1. The second-order valence-corrected chi connectivity index (χ2v) is 4.75. The molecule has 2 atom stereocenters. The Morgan fingerprint density at radius 3 is 2.90 bits per heavy atom. The van der Waals surface area contributed by atoms with E-state index in [1.54, 1.807) is 29.2 Å². The van der Waals surface area contributed by atoms with Crippen LogP contribution in [-0.4, -0.2) is 47.8 Å². The molecule has 1 saturated heterocycles. The number of nitrogens with zero attached hydrogens (tertiary/aromatic N) is 2. The Kier molecular flexibility index (Phi) is 4.56. The molecule has 0 aliphatic carbocycles. The van der Waals surface area contributed by atoms with Gasteiger partial charge in [0.1, 0.15) is 5.75 Å². The molecule has 1 aliphatic rings. The Hall–Kier alpha value is -2.10. The molecule has 6 nitrogen and oxygen atoms in total. The summed E-state index contributed by atoms with van der Waals surface area (Å²) in [4.78, 5) is 13.8. The lowest BCUT2D eigenvalue weighted by Gasteiger charge is -2.31. The number of aromatic hydroxyl groups is 1. The molecule has 0 saturated carbocycles. The highest BCUT2D eigenvalue weighted by atomic mass is 16.5. The highest BCUT2D eigenvalue weighted by Gasteiger charge is 2.27. The van der Waals surface area contributed by atoms with Gasteiger partial charge in [0, 0.05) is 6.54 Å². The molecule has 1 aromatic carbocycles. The summed E-state index contributed by atoms with van der Waals surface area (Å²) in [6.45, 7) is 1.08. The average Bonchev–Trinajstić information content (AvgIpc) is 2.48. The van der Waals surface area contributed by atoms with Gasteiger partial charge in [-0.15, -0.1) is 0 Å². The van der Waals surface area contributed by atoms with Crippen LogP contribution in [-0.2, 0) is 16.0 Å². The number of morpholine rings is 1. The topological polar surface area (TPSA) is 99.6 Å². The minimum absolute atomic E-state index is 0.179. The van der Waals surface area contributed by atoms with E-state index in [9.17, 15) is 9.90 Å². The minimum Gasteiger partial charge on any atom is -0.508 e. The molecule has 3 N–H and O–H groups in total. The first kappa shape index (κ1) is 14.3. The number of nitriles is 1. The Morgan fingerprint density at radius 2 is 2.25 bits per heavy atom. The molecule has 1 unspecified atom stereocenters. The van der Waals surface area contributed by atoms with Crippen molar-refractivity contribution in [2.45, 2.75) is 18.6 Å². The maximum atomic E-state index is 12.2. The molecule has 2 rings (SSSR count). The summed E-state index contributed by atoms with van der Waals surface area (Å²) < 4.78 is 5.20. The van der Waals surface area contributed by atoms with Crippen LogP contribution >= 0.6 is 0 Å². The number of amides is 1. The molecule has 0 bridgehead atoms. The van der Waals surface area contributed by atoms with Crippen LogP contribution in [0.3, 0.4) is 0 Å². The number of hydrogen-bond donors (Lipinski definition) is 2. The van der Waals surface area contributed by atoms with Gasteiger partial charge in [0.25, 0.3) is 0 Å². The molecular weight excluding hydrogens is 258 g/mol. The third-order valence-corrected chi connectivity index (χ3v) is 3.23. The smallest absolute Gasteiger partial charge is 0.240 e. The Labute approximate surface area is 117 Å². The van der Waals surface area contributed by atoms with Crippen LogP contribution in [0.15, 0.2) is 24.3 Å². The molecule has 1 amide bonds. The predicted octanol–water partition coefficient (Wildman–Crippen LogP) is 0.0130. The van der Waals surface area contributed by atoms with Gasteiger partial charge in [-0.3, -0.25) is 4.79 Å². The lowest BCUT2D eigenvalue weighted by molar-refractivity contribution is -0.138. The van der Waals surface area contributed by atoms with E-state index in [1.807, 2.05) is 6.07 Å². The van der Waals surface area contributed by atoms with E-state index in [1.165, 1.54) is 0 Å². The number of phenols is 1. The quantitative estimate of drug-likeness (QED) is 0.809. The number of carbonyl (C=O) groups excluding carboxylic acids is 1. The first-order valence-electron chi connectivity index (χ1n) is 6.43. The van der Waals surface area contributed by atoms with E-state index in [4.69, 9.17) is 15.7 Å². The van der Waals surface area contributed by atoms with E-state index in [2.05, 4.69) is 0 Å². The van der Waals surface area contributed by atoms with Crippen molar-refractivity contribution in [1.82, 2.24) is 4.90 Å². The zero-order valence-corrected chi connectivity index (χ0v) is 11.0. The van der Waals surface area contributed by atoms with Gasteiger partial charge < -0.3 is 20.5 Å². The van der Waals surface area contributed by atoms with E-state index in [0.717, 1.165) is 5.56 Å². The molecule has 1 heterocycles. The van der Waals surface area contributed by atoms with Crippen LogP contribution in [0.25, 0.3) is 0 Å².